The molecule has 1 saturated heterocycles. The van der Waals surface area contributed by atoms with E-state index < -0.39 is 87.4 Å². The van der Waals surface area contributed by atoms with E-state index in [1.165, 1.54) is 4.90 Å². The summed E-state index contributed by atoms with van der Waals surface area (Å²) in [5.41, 5.74) is -0.600. The number of amides is 2. The van der Waals surface area contributed by atoms with Crippen molar-refractivity contribution < 1.29 is 55.7 Å². The second-order valence-electron chi connectivity index (χ2n) is 18.4. The minimum atomic E-state index is -3.92. The van der Waals surface area contributed by atoms with Crippen molar-refractivity contribution in [3.63, 3.8) is 0 Å². The van der Waals surface area contributed by atoms with E-state index in [4.69, 9.17) is 19.2 Å². The lowest BCUT2D eigenvalue weighted by Gasteiger charge is -2.31. The number of ether oxygens (including phenoxy) is 3. The zero-order chi connectivity index (χ0) is 43.8. The van der Waals surface area contributed by atoms with Gasteiger partial charge < -0.3 is 24.2 Å². The zero-order valence-electron chi connectivity index (χ0n) is 35.0. The van der Waals surface area contributed by atoms with E-state index in [0.717, 1.165) is 51.4 Å². The average Bonchev–Trinajstić information content (AvgIpc) is 4.04. The molecule has 62 heavy (non-hydrogen) atoms. The molecule has 0 unspecified atom stereocenters. The van der Waals surface area contributed by atoms with E-state index in [1.807, 2.05) is 12.2 Å². The van der Waals surface area contributed by atoms with Crippen molar-refractivity contribution in [2.75, 3.05) is 19.8 Å². The monoisotopic (exact) mass is 881 g/mol. The Labute approximate surface area is 361 Å². The Morgan fingerprint density at radius 2 is 1.79 bits per heavy atom. The van der Waals surface area contributed by atoms with Gasteiger partial charge in [-0.05, 0) is 101 Å². The number of para-hydroxylation sites is 1. The fraction of sp³-hybridized carbons (Fsp3) is 0.630. The predicted octanol–water partition coefficient (Wildman–Crippen LogP) is 6.15. The molecular formula is C46H57F2N3O10S. The smallest absolute Gasteiger partial charge is 0.306 e. The molecule has 2 bridgehead atoms. The molecular weight excluding hydrogens is 825 g/mol. The molecule has 1 aromatic carbocycles. The standard InChI is InChI=1S/C46H57F2N3O10S/c1-2-30-23-45(30,44(56)50-62(57,58)32-19-20-32)24-38(53)37-21-31-25-51(37)43(55)35(28-11-6-7-12-28)22-40(54)61-39-18-10-14-29(39)13-4-3-5-16-34-41(59-27-46(47,48)26-52)33-15-8-9-17-36(33)49-42(34)60-31/h2-3,5,8-9,15,17,28-32,35,37,39,52H,1,4,6-7,10-14,16,18-27H2,(H,50,56)/b5-3+/t29-,30-,31-,35+,37+,39-,45-/m1/s1. The molecule has 2 N–H and O–H groups in total. The second-order valence-corrected chi connectivity index (χ2v) is 20.3. The summed E-state index contributed by atoms with van der Waals surface area (Å²) in [7, 11) is -3.92. The van der Waals surface area contributed by atoms with Gasteiger partial charge in [-0.1, -0.05) is 43.2 Å². The van der Waals surface area contributed by atoms with Gasteiger partial charge in [-0.3, -0.25) is 23.9 Å². The molecule has 2 aromatic rings. The van der Waals surface area contributed by atoms with Crippen LogP contribution in [0.25, 0.3) is 10.9 Å². The number of sulfonamides is 1. The molecule has 8 rings (SSSR count). The van der Waals surface area contributed by atoms with Crippen molar-refractivity contribution in [2.24, 2.45) is 29.1 Å². The van der Waals surface area contributed by atoms with Crippen molar-refractivity contribution in [3.8, 4) is 11.6 Å². The number of allylic oxidation sites excluding steroid dienone is 3. The minimum Gasteiger partial charge on any atom is -0.486 e. The number of aliphatic hydroxyl groups excluding tert-OH is 1. The summed E-state index contributed by atoms with van der Waals surface area (Å²) >= 11 is 0. The Hall–Kier alpha value is -4.44. The molecule has 1 aromatic heterocycles. The molecule has 2 amide bonds. The third-order valence-electron chi connectivity index (χ3n) is 14.1. The number of aromatic nitrogens is 1. The Morgan fingerprint density at radius 3 is 2.52 bits per heavy atom. The van der Waals surface area contributed by atoms with Gasteiger partial charge in [0.25, 0.3) is 0 Å². The highest BCUT2D eigenvalue weighted by atomic mass is 32.2. The van der Waals surface area contributed by atoms with E-state index in [0.29, 0.717) is 35.7 Å². The van der Waals surface area contributed by atoms with Gasteiger partial charge in [-0.25, -0.2) is 22.2 Å². The molecule has 2 aliphatic heterocycles. The lowest BCUT2D eigenvalue weighted by Crippen LogP contribution is -2.47. The van der Waals surface area contributed by atoms with Crippen molar-refractivity contribution in [1.29, 1.82) is 0 Å². The Morgan fingerprint density at radius 1 is 1.03 bits per heavy atom. The van der Waals surface area contributed by atoms with Crippen molar-refractivity contribution in [1.82, 2.24) is 14.6 Å². The van der Waals surface area contributed by atoms with E-state index in [1.54, 1.807) is 30.3 Å². The molecule has 4 aliphatic carbocycles. The number of fused-ring (bicyclic) bond motifs is 5. The van der Waals surface area contributed by atoms with Crippen LogP contribution >= 0.6 is 0 Å². The van der Waals surface area contributed by atoms with Crippen LogP contribution in [0, 0.1) is 29.1 Å². The first kappa shape index (κ1) is 44.2. The topological polar surface area (TPSA) is 178 Å². The highest BCUT2D eigenvalue weighted by Gasteiger charge is 2.61. The molecule has 16 heteroatoms. The third-order valence-corrected chi connectivity index (χ3v) is 15.9. The van der Waals surface area contributed by atoms with Gasteiger partial charge >= 0.3 is 11.9 Å². The number of nitrogens with one attached hydrogen (secondary N) is 1. The number of rotatable bonds is 12. The van der Waals surface area contributed by atoms with Gasteiger partial charge in [-0.15, -0.1) is 6.58 Å². The number of aliphatic hydroxyl groups is 1. The van der Waals surface area contributed by atoms with Crippen LogP contribution in [0.5, 0.6) is 11.6 Å². The lowest BCUT2D eigenvalue weighted by atomic mass is 9.86. The van der Waals surface area contributed by atoms with Crippen LogP contribution in [0.1, 0.15) is 102 Å². The summed E-state index contributed by atoms with van der Waals surface area (Å²) in [5.74, 6) is -6.64. The maximum atomic E-state index is 15.1. The summed E-state index contributed by atoms with van der Waals surface area (Å²) in [5, 5.41) is 9.18. The Bertz CT molecular complexity index is 2210. The molecule has 336 valence electrons. The largest absolute Gasteiger partial charge is 0.486 e. The molecule has 6 aliphatic rings. The van der Waals surface area contributed by atoms with Gasteiger partial charge in [0.15, 0.2) is 12.4 Å². The van der Waals surface area contributed by atoms with E-state index in [2.05, 4.69) is 11.3 Å². The van der Waals surface area contributed by atoms with E-state index in [-0.39, 0.29) is 68.2 Å². The molecule has 5 fully saturated rings. The first-order chi connectivity index (χ1) is 29.7. The van der Waals surface area contributed by atoms with Crippen LogP contribution in [0.4, 0.5) is 8.78 Å². The van der Waals surface area contributed by atoms with Crippen LogP contribution < -0.4 is 14.2 Å². The van der Waals surface area contributed by atoms with Crippen LogP contribution in [0.3, 0.4) is 0 Å². The number of benzene rings is 1. The zero-order valence-corrected chi connectivity index (χ0v) is 35.8. The number of carbonyl (C=O) groups excluding carboxylic acids is 4. The summed E-state index contributed by atoms with van der Waals surface area (Å²) in [4.78, 5) is 63.6. The van der Waals surface area contributed by atoms with Gasteiger partial charge in [0.05, 0.1) is 46.7 Å². The first-order valence-corrected chi connectivity index (χ1v) is 23.8. The van der Waals surface area contributed by atoms with Gasteiger partial charge in [-0.2, -0.15) is 0 Å². The average molecular weight is 882 g/mol. The Balaban J connectivity index is 1.17. The third kappa shape index (κ3) is 9.41. The van der Waals surface area contributed by atoms with Crippen LogP contribution in [0.15, 0.2) is 49.1 Å². The number of hydrogen-bond donors (Lipinski definition) is 2. The van der Waals surface area contributed by atoms with Crippen molar-refractivity contribution in [3.05, 3.63) is 54.6 Å². The van der Waals surface area contributed by atoms with E-state index in [9.17, 15) is 36.7 Å². The summed E-state index contributed by atoms with van der Waals surface area (Å²) in [6, 6.07) is 5.76. The summed E-state index contributed by atoms with van der Waals surface area (Å²) in [6.45, 7) is 1.23. The number of alkyl halides is 2. The number of pyridine rings is 1. The molecule has 0 radical (unpaired) electrons. The van der Waals surface area contributed by atoms with Crippen molar-refractivity contribution >= 4 is 44.5 Å². The van der Waals surface area contributed by atoms with Crippen molar-refractivity contribution in [2.45, 2.75) is 132 Å². The lowest BCUT2D eigenvalue weighted by molar-refractivity contribution is -0.156. The normalized spacial score (nSPS) is 30.3. The van der Waals surface area contributed by atoms with Gasteiger partial charge in [0.1, 0.15) is 24.6 Å². The minimum absolute atomic E-state index is 0.0183. The quantitative estimate of drug-likeness (QED) is 0.185. The van der Waals surface area contributed by atoms with Gasteiger partial charge in [0.2, 0.25) is 27.7 Å². The molecule has 4 saturated carbocycles. The number of hydrogen-bond acceptors (Lipinski definition) is 11. The molecule has 13 nitrogen and oxygen atoms in total. The van der Waals surface area contributed by atoms with Crippen LogP contribution in [-0.4, -0.2) is 96.2 Å². The fourth-order valence-electron chi connectivity index (χ4n) is 10.3. The number of carbonyl (C=O) groups is 4. The van der Waals surface area contributed by atoms with Crippen LogP contribution in [0.2, 0.25) is 0 Å². The molecule has 0 spiro atoms. The first-order valence-electron chi connectivity index (χ1n) is 22.3. The number of esters is 1. The highest BCUT2D eigenvalue weighted by Crippen LogP contribution is 2.57. The SMILES string of the molecule is C=C[C@@H]1C[C@]1(CC(=O)[C@@H]1C[C@@H]2CN1C(=O)[C@H](C1CCCC1)CC(=O)O[C@@H]1CCC[C@H]1CC/C=C/Cc1c(nc3ccccc3c1OCC(F)(F)CO)O2)C(=O)NS(=O)(=O)C1CC1. The molecule has 3 heterocycles. The van der Waals surface area contributed by atoms with Crippen LogP contribution in [-0.2, 0) is 40.4 Å². The second kappa shape index (κ2) is 18.0. The maximum Gasteiger partial charge on any atom is 0.306 e. The fourth-order valence-corrected chi connectivity index (χ4v) is 11.7. The number of nitrogens with zero attached hydrogens (tertiary/aromatic N) is 2. The number of Topliss-reactive ketones (excluding diaryl/α,β-unsaturated/α-hetero) is 1. The summed E-state index contributed by atoms with van der Waals surface area (Å²) < 4.78 is 75.7. The predicted molar refractivity (Wildman–Crippen MR) is 224 cm³/mol. The summed E-state index contributed by atoms with van der Waals surface area (Å²) in [6.07, 6.45) is 12.2. The number of halogens is 2. The Kier molecular flexibility index (Phi) is 12.8. The maximum absolute atomic E-state index is 15.1. The van der Waals surface area contributed by atoms with E-state index >= 15 is 4.79 Å². The highest BCUT2D eigenvalue weighted by molar-refractivity contribution is 7.90. The molecule has 7 atom stereocenters. The number of ketones is 1. The van der Waals surface area contributed by atoms with Gasteiger partial charge in [0, 0.05) is 18.2 Å².